The Labute approximate surface area is 157 Å². The van der Waals surface area contributed by atoms with Crippen molar-refractivity contribution in [1.29, 1.82) is 0 Å². The van der Waals surface area contributed by atoms with Crippen LogP contribution in [0.2, 0.25) is 0 Å². The minimum atomic E-state index is -0.0722. The molecule has 1 aromatic rings. The highest BCUT2D eigenvalue weighted by Gasteiger charge is 2.05. The molecule has 0 bridgehead atoms. The number of amides is 1. The minimum Gasteiger partial charge on any atom is -0.370 e. The molecule has 0 aromatic heterocycles. The second-order valence-electron chi connectivity index (χ2n) is 4.53. The van der Waals surface area contributed by atoms with Crippen LogP contribution in [0, 0.1) is 0 Å². The van der Waals surface area contributed by atoms with Crippen LogP contribution in [-0.4, -0.2) is 42.9 Å². The molecule has 3 N–H and O–H groups in total. The van der Waals surface area contributed by atoms with Gasteiger partial charge >= 0.3 is 0 Å². The summed E-state index contributed by atoms with van der Waals surface area (Å²) in [6, 6.07) is 7.32. The quantitative estimate of drug-likeness (QED) is 0.271. The zero-order chi connectivity index (χ0) is 15.7. The zero-order valence-corrected chi connectivity index (χ0v) is 16.9. The molecule has 7 heteroatoms. The number of nitrogens with one attached hydrogen (secondary N) is 1. The van der Waals surface area contributed by atoms with E-state index in [9.17, 15) is 4.79 Å². The lowest BCUT2D eigenvalue weighted by atomic mass is 10.2. The molecule has 0 heterocycles. The zero-order valence-electron chi connectivity index (χ0n) is 13.0. The summed E-state index contributed by atoms with van der Waals surface area (Å²) in [6.45, 7) is 6.99. The lowest BCUT2D eigenvalue weighted by Gasteiger charge is -2.19. The molecule has 0 unspecified atom stereocenters. The molecule has 0 radical (unpaired) electrons. The van der Waals surface area contributed by atoms with Crippen molar-refractivity contribution in [3.63, 3.8) is 0 Å². The normalized spacial score (nSPS) is 10.8. The molecule has 0 saturated carbocycles. The van der Waals surface area contributed by atoms with Gasteiger partial charge in [0, 0.05) is 36.2 Å². The molecule has 0 aliphatic heterocycles. The largest absolute Gasteiger partial charge is 0.370 e. The lowest BCUT2D eigenvalue weighted by molar-refractivity contribution is 0.0953. The molecule has 1 amide bonds. The van der Waals surface area contributed by atoms with Crippen molar-refractivity contribution in [2.24, 2.45) is 10.7 Å². The molecule has 0 atom stereocenters. The van der Waals surface area contributed by atoms with Crippen LogP contribution in [0.4, 0.5) is 0 Å². The Bertz CT molecular complexity index is 492. The first-order chi connectivity index (χ1) is 10.1. The van der Waals surface area contributed by atoms with E-state index < -0.39 is 0 Å². The fourth-order valence-electron chi connectivity index (χ4n) is 1.85. The number of carbonyl (C=O) groups is 1. The Balaban J connectivity index is 0.00000441. The number of nitrogens with two attached hydrogens (primary N) is 1. The fraction of sp³-hybridized carbons (Fsp3) is 0.467. The highest BCUT2D eigenvalue weighted by molar-refractivity contribution is 14.0. The minimum absolute atomic E-state index is 0. The molecule has 22 heavy (non-hydrogen) atoms. The maximum absolute atomic E-state index is 11.9. The average molecular weight is 483 g/mol. The van der Waals surface area contributed by atoms with E-state index in [4.69, 9.17) is 5.73 Å². The number of benzene rings is 1. The SMILES string of the molecule is CCN(CC)C(N)=NCCCNC(=O)c1cccc(Br)c1.I. The Morgan fingerprint density at radius 2 is 2.05 bits per heavy atom. The summed E-state index contributed by atoms with van der Waals surface area (Å²) in [5.74, 6) is 0.496. The number of guanidine groups is 1. The molecule has 124 valence electrons. The molecule has 1 aromatic carbocycles. The van der Waals surface area contributed by atoms with Gasteiger partial charge < -0.3 is 16.0 Å². The highest BCUT2D eigenvalue weighted by Crippen LogP contribution is 2.11. The standard InChI is InChI=1S/C15H23BrN4O.HI/c1-3-20(4-2)15(17)19-10-6-9-18-14(21)12-7-5-8-13(16)11-12;/h5,7-8,11H,3-4,6,9-10H2,1-2H3,(H2,17,19)(H,18,21);1H. The smallest absolute Gasteiger partial charge is 0.251 e. The van der Waals surface area contributed by atoms with Crippen molar-refractivity contribution in [2.75, 3.05) is 26.2 Å². The molecular weight excluding hydrogens is 459 g/mol. The first-order valence-corrected chi connectivity index (χ1v) is 7.96. The van der Waals surface area contributed by atoms with E-state index in [-0.39, 0.29) is 29.9 Å². The second-order valence-corrected chi connectivity index (χ2v) is 5.45. The van der Waals surface area contributed by atoms with Gasteiger partial charge in [-0.15, -0.1) is 24.0 Å². The first kappa shape index (κ1) is 21.2. The summed E-state index contributed by atoms with van der Waals surface area (Å²) in [7, 11) is 0. The van der Waals surface area contributed by atoms with Crippen LogP contribution in [0.15, 0.2) is 33.7 Å². The summed E-state index contributed by atoms with van der Waals surface area (Å²) < 4.78 is 0.895. The number of carbonyl (C=O) groups excluding carboxylic acids is 1. The van der Waals surface area contributed by atoms with E-state index in [0.717, 1.165) is 24.0 Å². The third kappa shape index (κ3) is 7.44. The second kappa shape index (κ2) is 11.7. The number of hydrogen-bond donors (Lipinski definition) is 2. The van der Waals surface area contributed by atoms with Crippen LogP contribution < -0.4 is 11.1 Å². The van der Waals surface area contributed by atoms with Crippen LogP contribution >= 0.6 is 39.9 Å². The van der Waals surface area contributed by atoms with Crippen molar-refractivity contribution in [2.45, 2.75) is 20.3 Å². The number of hydrogen-bond acceptors (Lipinski definition) is 2. The van der Waals surface area contributed by atoms with Crippen molar-refractivity contribution >= 4 is 51.8 Å². The summed E-state index contributed by atoms with van der Waals surface area (Å²) in [6.07, 6.45) is 0.766. The van der Waals surface area contributed by atoms with E-state index in [1.54, 1.807) is 12.1 Å². The average Bonchev–Trinajstić information content (AvgIpc) is 2.48. The number of nitrogens with zero attached hydrogens (tertiary/aromatic N) is 2. The van der Waals surface area contributed by atoms with Gasteiger partial charge in [0.1, 0.15) is 0 Å². The maximum Gasteiger partial charge on any atom is 0.251 e. The Morgan fingerprint density at radius 3 is 2.64 bits per heavy atom. The Kier molecular flexibility index (Phi) is 11.3. The summed E-state index contributed by atoms with van der Waals surface area (Å²) in [5, 5.41) is 2.87. The molecule has 0 fully saturated rings. The fourth-order valence-corrected chi connectivity index (χ4v) is 2.25. The van der Waals surface area contributed by atoms with Crippen LogP contribution in [0.5, 0.6) is 0 Å². The predicted molar refractivity (Wildman–Crippen MR) is 106 cm³/mol. The molecular formula is C15H24BrIN4O. The Morgan fingerprint density at radius 1 is 1.36 bits per heavy atom. The van der Waals surface area contributed by atoms with Gasteiger partial charge in [-0.1, -0.05) is 22.0 Å². The number of rotatable bonds is 7. The molecule has 1 rings (SSSR count). The predicted octanol–water partition coefficient (Wildman–Crippen LogP) is 2.84. The van der Waals surface area contributed by atoms with Gasteiger partial charge in [0.25, 0.3) is 5.91 Å². The maximum atomic E-state index is 11.9. The first-order valence-electron chi connectivity index (χ1n) is 7.17. The van der Waals surface area contributed by atoms with Gasteiger partial charge in [-0.05, 0) is 38.5 Å². The highest BCUT2D eigenvalue weighted by atomic mass is 127. The van der Waals surface area contributed by atoms with Gasteiger partial charge in [0.2, 0.25) is 0 Å². The van der Waals surface area contributed by atoms with Gasteiger partial charge in [-0.3, -0.25) is 9.79 Å². The number of aliphatic imine (C=N–C) groups is 1. The molecule has 0 saturated heterocycles. The van der Waals surface area contributed by atoms with E-state index >= 15 is 0 Å². The van der Waals surface area contributed by atoms with E-state index in [1.165, 1.54) is 0 Å². The van der Waals surface area contributed by atoms with Crippen LogP contribution in [0.1, 0.15) is 30.6 Å². The van der Waals surface area contributed by atoms with Crippen molar-refractivity contribution in [3.05, 3.63) is 34.3 Å². The van der Waals surface area contributed by atoms with E-state index in [0.29, 0.717) is 24.6 Å². The van der Waals surface area contributed by atoms with Crippen molar-refractivity contribution in [1.82, 2.24) is 10.2 Å². The van der Waals surface area contributed by atoms with Crippen molar-refractivity contribution < 1.29 is 4.79 Å². The third-order valence-corrected chi connectivity index (χ3v) is 3.56. The molecule has 0 aliphatic carbocycles. The molecule has 0 aliphatic rings. The monoisotopic (exact) mass is 482 g/mol. The topological polar surface area (TPSA) is 70.7 Å². The summed E-state index contributed by atoms with van der Waals surface area (Å²) >= 11 is 3.35. The van der Waals surface area contributed by atoms with Gasteiger partial charge in [-0.2, -0.15) is 0 Å². The van der Waals surface area contributed by atoms with Crippen LogP contribution in [-0.2, 0) is 0 Å². The van der Waals surface area contributed by atoms with E-state index in [1.807, 2.05) is 30.9 Å². The molecule has 5 nitrogen and oxygen atoms in total. The van der Waals surface area contributed by atoms with Gasteiger partial charge in [-0.25, -0.2) is 0 Å². The van der Waals surface area contributed by atoms with Gasteiger partial charge in [0.05, 0.1) is 0 Å². The van der Waals surface area contributed by atoms with Crippen molar-refractivity contribution in [3.8, 4) is 0 Å². The Hall–Kier alpha value is -0.830. The summed E-state index contributed by atoms with van der Waals surface area (Å²) in [5.41, 5.74) is 6.52. The third-order valence-electron chi connectivity index (χ3n) is 3.07. The van der Waals surface area contributed by atoms with Gasteiger partial charge in [0.15, 0.2) is 5.96 Å². The lowest BCUT2D eigenvalue weighted by Crippen LogP contribution is -2.37. The van der Waals surface area contributed by atoms with Crippen LogP contribution in [0.3, 0.4) is 0 Å². The van der Waals surface area contributed by atoms with Crippen LogP contribution in [0.25, 0.3) is 0 Å². The molecule has 0 spiro atoms. The number of halogens is 2. The van der Waals surface area contributed by atoms with E-state index in [2.05, 4.69) is 26.2 Å². The summed E-state index contributed by atoms with van der Waals surface area (Å²) in [4.78, 5) is 18.2.